The van der Waals surface area contributed by atoms with Gasteiger partial charge in [-0.05, 0) is 0 Å². The molecule has 0 amide bonds. The van der Waals surface area contributed by atoms with Crippen molar-refractivity contribution in [3.8, 4) is 0 Å². The zero-order chi connectivity index (χ0) is 9.44. The van der Waals surface area contributed by atoms with Crippen LogP contribution < -0.4 is 0 Å². The number of esters is 1. The number of hydrogen-bond acceptors (Lipinski definition) is 4. The molecule has 0 aromatic carbocycles. The molecule has 0 bridgehead atoms. The van der Waals surface area contributed by atoms with Crippen LogP contribution in [-0.4, -0.2) is 92.7 Å². The molecule has 0 saturated carbocycles. The Kier molecular flexibility index (Phi) is 26.3. The van der Waals surface area contributed by atoms with Gasteiger partial charge in [0.05, 0.1) is 0 Å². The van der Waals surface area contributed by atoms with Gasteiger partial charge in [-0.15, -0.1) is 0 Å². The Morgan fingerprint density at radius 1 is 1.00 bits per heavy atom. The topological polar surface area (TPSA) is 121 Å². The van der Waals surface area contributed by atoms with E-state index in [9.17, 15) is 9.59 Å². The van der Waals surface area contributed by atoms with E-state index >= 15 is 0 Å². The van der Waals surface area contributed by atoms with Crippen molar-refractivity contribution in [2.45, 2.75) is 6.92 Å². The zero-order valence-electron chi connectivity index (χ0n) is 5.47. The SMILES string of the molecule is CC(=O)OC(=O)O.O=C(O)O.[NaH].[NaH]. The van der Waals surface area contributed by atoms with Gasteiger partial charge >= 0.3 is 77.4 Å². The van der Waals surface area contributed by atoms with Crippen LogP contribution in [0.15, 0.2) is 0 Å². The summed E-state index contributed by atoms with van der Waals surface area (Å²) >= 11 is 0. The first-order valence-corrected chi connectivity index (χ1v) is 2.19. The number of hydrogen-bond donors (Lipinski definition) is 3. The number of ether oxygens (including phenoxy) is 1. The minimum atomic E-state index is -1.83. The van der Waals surface area contributed by atoms with Crippen molar-refractivity contribution < 1.29 is 34.4 Å². The third-order valence-electron chi connectivity index (χ3n) is 0.231. The van der Waals surface area contributed by atoms with Gasteiger partial charge in [0, 0.05) is 6.92 Å². The standard InChI is InChI=1S/C3H4O4.CH2O3.2Na.2H/c1-2(4)7-3(5)6;2-1(3)4;;;;/h1H3,(H,5,6);(H2,2,3,4);;;;. The van der Waals surface area contributed by atoms with Gasteiger partial charge in [0.1, 0.15) is 0 Å². The molecule has 3 N–H and O–H groups in total. The molecule has 0 aromatic heterocycles. The summed E-state index contributed by atoms with van der Waals surface area (Å²) in [7, 11) is 0. The minimum absolute atomic E-state index is 0. The van der Waals surface area contributed by atoms with Crippen molar-refractivity contribution in [3.63, 3.8) is 0 Å². The third kappa shape index (κ3) is 71.8. The van der Waals surface area contributed by atoms with Gasteiger partial charge in [-0.2, -0.15) is 0 Å². The van der Waals surface area contributed by atoms with Gasteiger partial charge < -0.3 is 20.1 Å². The van der Waals surface area contributed by atoms with Crippen LogP contribution >= 0.6 is 0 Å². The molecule has 0 aliphatic carbocycles. The van der Waals surface area contributed by atoms with Gasteiger partial charge in [-0.1, -0.05) is 0 Å². The molecule has 0 aliphatic rings. The number of rotatable bonds is 0. The molecule has 0 aromatic rings. The van der Waals surface area contributed by atoms with E-state index in [1.165, 1.54) is 0 Å². The summed E-state index contributed by atoms with van der Waals surface area (Å²) in [6.07, 6.45) is -3.40. The fourth-order valence-corrected chi connectivity index (χ4v) is 0.123. The maximum absolute atomic E-state index is 9.65. The molecule has 68 valence electrons. The number of carbonyl (C=O) groups excluding carboxylic acids is 1. The monoisotopic (exact) mass is 214 g/mol. The first kappa shape index (κ1) is 23.2. The van der Waals surface area contributed by atoms with Gasteiger partial charge in [0.15, 0.2) is 0 Å². The van der Waals surface area contributed by atoms with Crippen molar-refractivity contribution in [2.75, 3.05) is 0 Å². The van der Waals surface area contributed by atoms with Crippen LogP contribution in [0.3, 0.4) is 0 Å². The van der Waals surface area contributed by atoms with Crippen LogP contribution in [0, 0.1) is 0 Å². The van der Waals surface area contributed by atoms with Crippen LogP contribution in [0.5, 0.6) is 0 Å². The first-order chi connectivity index (χ1) is 4.86. The van der Waals surface area contributed by atoms with Gasteiger partial charge in [-0.3, -0.25) is 4.79 Å². The molecule has 7 nitrogen and oxygen atoms in total. The molecular weight excluding hydrogens is 206 g/mol. The predicted octanol–water partition coefficient (Wildman–Crippen LogP) is -0.847. The van der Waals surface area contributed by atoms with E-state index in [4.69, 9.17) is 20.1 Å². The van der Waals surface area contributed by atoms with Crippen LogP contribution in [0.4, 0.5) is 9.59 Å². The predicted molar refractivity (Wildman–Crippen MR) is 44.7 cm³/mol. The average molecular weight is 214 g/mol. The summed E-state index contributed by atoms with van der Waals surface area (Å²) < 4.78 is 3.53. The molecule has 0 spiro atoms. The molecule has 0 saturated heterocycles. The summed E-state index contributed by atoms with van der Waals surface area (Å²) in [6, 6.07) is 0. The molecule has 13 heavy (non-hydrogen) atoms. The second-order valence-electron chi connectivity index (χ2n) is 1.14. The van der Waals surface area contributed by atoms with E-state index in [1.807, 2.05) is 0 Å². The van der Waals surface area contributed by atoms with Crippen LogP contribution in [0.25, 0.3) is 0 Å². The molecule has 0 aliphatic heterocycles. The zero-order valence-corrected chi connectivity index (χ0v) is 5.47. The molecule has 0 radical (unpaired) electrons. The molecule has 0 rings (SSSR count). The fraction of sp³-hybridized carbons (Fsp3) is 0.250. The molecule has 0 unspecified atom stereocenters. The van der Waals surface area contributed by atoms with E-state index in [-0.39, 0.29) is 59.1 Å². The van der Waals surface area contributed by atoms with Gasteiger partial charge in [0.2, 0.25) is 0 Å². The Labute approximate surface area is 118 Å². The molecule has 0 atom stereocenters. The third-order valence-corrected chi connectivity index (χ3v) is 0.231. The first-order valence-electron chi connectivity index (χ1n) is 2.19. The van der Waals surface area contributed by atoms with E-state index < -0.39 is 18.3 Å². The van der Waals surface area contributed by atoms with Crippen molar-refractivity contribution >= 4 is 77.4 Å². The average Bonchev–Trinajstić information content (AvgIpc) is 1.56. The summed E-state index contributed by atoms with van der Waals surface area (Å²) in [5.74, 6) is -0.812. The van der Waals surface area contributed by atoms with Crippen LogP contribution in [0.1, 0.15) is 6.92 Å². The van der Waals surface area contributed by atoms with Crippen LogP contribution in [-0.2, 0) is 9.53 Å². The summed E-state index contributed by atoms with van der Waals surface area (Å²) in [5, 5.41) is 21.6. The summed E-state index contributed by atoms with van der Waals surface area (Å²) in [6.45, 7) is 1.02. The quantitative estimate of drug-likeness (QED) is 0.273. The van der Waals surface area contributed by atoms with Crippen molar-refractivity contribution in [1.29, 1.82) is 0 Å². The van der Waals surface area contributed by atoms with Crippen LogP contribution in [0.2, 0.25) is 0 Å². The normalized spacial score (nSPS) is 5.92. The Bertz CT molecular complexity index is 152. The molecular formula is C4H8Na2O7. The van der Waals surface area contributed by atoms with Crippen molar-refractivity contribution in [3.05, 3.63) is 0 Å². The Morgan fingerprint density at radius 2 is 1.23 bits per heavy atom. The van der Waals surface area contributed by atoms with E-state index in [1.54, 1.807) is 0 Å². The fourth-order valence-electron chi connectivity index (χ4n) is 0.123. The summed E-state index contributed by atoms with van der Waals surface area (Å²) in [4.78, 5) is 27.6. The van der Waals surface area contributed by atoms with Crippen molar-refractivity contribution in [2.24, 2.45) is 0 Å². The number of carbonyl (C=O) groups is 3. The Morgan fingerprint density at radius 3 is 1.23 bits per heavy atom. The summed E-state index contributed by atoms with van der Waals surface area (Å²) in [5.41, 5.74) is 0. The van der Waals surface area contributed by atoms with Gasteiger partial charge in [0.25, 0.3) is 0 Å². The molecule has 9 heteroatoms. The molecule has 0 heterocycles. The maximum atomic E-state index is 9.65. The van der Waals surface area contributed by atoms with Crippen molar-refractivity contribution in [1.82, 2.24) is 0 Å². The van der Waals surface area contributed by atoms with Gasteiger partial charge in [-0.25, -0.2) is 9.59 Å². The second-order valence-corrected chi connectivity index (χ2v) is 1.14. The molecule has 0 fully saturated rings. The van der Waals surface area contributed by atoms with E-state index in [0.29, 0.717) is 0 Å². The van der Waals surface area contributed by atoms with E-state index in [2.05, 4.69) is 4.74 Å². The second kappa shape index (κ2) is 14.7. The Balaban J connectivity index is -0.0000000600. The van der Waals surface area contributed by atoms with E-state index in [0.717, 1.165) is 6.92 Å². The number of carboxylic acid groups (broad SMARTS) is 3. The Hall–Kier alpha value is 0.210.